The highest BCUT2D eigenvalue weighted by Crippen LogP contribution is 2.45. The molecule has 32 heavy (non-hydrogen) atoms. The number of anilines is 1. The quantitative estimate of drug-likeness (QED) is 0.316. The fraction of sp³-hybridized carbons (Fsp3) is 0.174. The van der Waals surface area contributed by atoms with Gasteiger partial charge < -0.3 is 19.1 Å². The number of hydrogen-bond donors (Lipinski definition) is 1. The molecule has 0 unspecified atom stereocenters. The highest BCUT2D eigenvalue weighted by atomic mass is 79.9. The van der Waals surface area contributed by atoms with Gasteiger partial charge in [0.1, 0.15) is 29.1 Å². The van der Waals surface area contributed by atoms with Crippen LogP contribution in [0.2, 0.25) is 0 Å². The Kier molecular flexibility index (Phi) is 5.75. The highest BCUT2D eigenvalue weighted by Gasteiger charge is 2.49. The first-order valence-electron chi connectivity index (χ1n) is 9.58. The Bertz CT molecular complexity index is 1230. The zero-order valence-electron chi connectivity index (χ0n) is 17.5. The number of halogens is 1. The number of methoxy groups -OCH3 is 2. The van der Waals surface area contributed by atoms with Gasteiger partial charge in [-0.05, 0) is 37.3 Å². The number of aliphatic hydroxyl groups is 1. The molecule has 0 saturated carbocycles. The molecule has 164 valence electrons. The Hall–Kier alpha value is -3.59. The van der Waals surface area contributed by atoms with E-state index in [4.69, 9.17) is 14.0 Å². The highest BCUT2D eigenvalue weighted by molar-refractivity contribution is 9.10. The van der Waals surface area contributed by atoms with E-state index in [1.807, 2.05) is 0 Å². The molecule has 2 heterocycles. The molecule has 0 bridgehead atoms. The van der Waals surface area contributed by atoms with Gasteiger partial charge in [0.25, 0.3) is 5.78 Å². The monoisotopic (exact) mass is 498 g/mol. The second-order valence-electron chi connectivity index (χ2n) is 7.08. The molecule has 2 aromatic carbocycles. The minimum absolute atomic E-state index is 0.0930. The molecule has 1 saturated heterocycles. The largest absolute Gasteiger partial charge is 0.507 e. The van der Waals surface area contributed by atoms with Crippen molar-refractivity contribution in [3.63, 3.8) is 0 Å². The van der Waals surface area contributed by atoms with Crippen LogP contribution in [0.5, 0.6) is 11.5 Å². The van der Waals surface area contributed by atoms with E-state index in [0.29, 0.717) is 28.4 Å². The predicted molar refractivity (Wildman–Crippen MR) is 120 cm³/mol. The standard InChI is InChI=1S/C23H19BrN2O6/c1-12-10-18(25-32-12)26-20(16-11-15(30-2)8-9-17(16)31-3)19(22(28)23(26)29)21(27)13-4-6-14(24)7-5-13/h4-11,20,27H,1-3H3/b21-19+/t20-/m0/s1. The van der Waals surface area contributed by atoms with Crippen LogP contribution >= 0.6 is 15.9 Å². The molecular weight excluding hydrogens is 480 g/mol. The molecule has 1 amide bonds. The van der Waals surface area contributed by atoms with E-state index in [1.54, 1.807) is 55.5 Å². The predicted octanol–water partition coefficient (Wildman–Crippen LogP) is 4.39. The lowest BCUT2D eigenvalue weighted by Crippen LogP contribution is -2.30. The van der Waals surface area contributed by atoms with Crippen molar-refractivity contribution in [2.75, 3.05) is 19.1 Å². The number of ketones is 1. The third-order valence-corrected chi connectivity index (χ3v) is 5.68. The van der Waals surface area contributed by atoms with Gasteiger partial charge in [-0.2, -0.15) is 0 Å². The van der Waals surface area contributed by atoms with Crippen LogP contribution in [0.4, 0.5) is 5.82 Å². The van der Waals surface area contributed by atoms with Crippen LogP contribution in [0.1, 0.15) is 22.9 Å². The summed E-state index contributed by atoms with van der Waals surface area (Å²) in [5.74, 6) is -0.488. The zero-order valence-corrected chi connectivity index (χ0v) is 19.0. The van der Waals surface area contributed by atoms with Crippen molar-refractivity contribution in [3.8, 4) is 11.5 Å². The fourth-order valence-electron chi connectivity index (χ4n) is 3.65. The molecular formula is C23H19BrN2O6. The van der Waals surface area contributed by atoms with E-state index >= 15 is 0 Å². The van der Waals surface area contributed by atoms with E-state index in [0.717, 1.165) is 4.47 Å². The van der Waals surface area contributed by atoms with Crippen molar-refractivity contribution >= 4 is 39.2 Å². The summed E-state index contributed by atoms with van der Waals surface area (Å²) in [7, 11) is 2.98. The third kappa shape index (κ3) is 3.64. The number of amides is 1. The van der Waals surface area contributed by atoms with Gasteiger partial charge in [0.15, 0.2) is 5.82 Å². The molecule has 0 spiro atoms. The van der Waals surface area contributed by atoms with Crippen molar-refractivity contribution < 1.29 is 28.7 Å². The van der Waals surface area contributed by atoms with Crippen LogP contribution in [-0.4, -0.2) is 36.2 Å². The molecule has 1 aromatic heterocycles. The van der Waals surface area contributed by atoms with E-state index < -0.39 is 17.7 Å². The summed E-state index contributed by atoms with van der Waals surface area (Å²) in [6, 6.07) is 12.3. The van der Waals surface area contributed by atoms with Crippen molar-refractivity contribution in [2.45, 2.75) is 13.0 Å². The molecule has 3 aromatic rings. The molecule has 4 rings (SSSR count). The Morgan fingerprint density at radius 1 is 1.09 bits per heavy atom. The Morgan fingerprint density at radius 2 is 1.81 bits per heavy atom. The maximum absolute atomic E-state index is 13.2. The molecule has 9 heteroatoms. The third-order valence-electron chi connectivity index (χ3n) is 5.16. The Morgan fingerprint density at radius 3 is 2.41 bits per heavy atom. The van der Waals surface area contributed by atoms with Crippen LogP contribution in [0.3, 0.4) is 0 Å². The van der Waals surface area contributed by atoms with Crippen LogP contribution in [0, 0.1) is 6.92 Å². The molecule has 8 nitrogen and oxygen atoms in total. The number of nitrogens with zero attached hydrogens (tertiary/aromatic N) is 2. The second-order valence-corrected chi connectivity index (χ2v) is 8.00. The first kappa shape index (κ1) is 21.6. The van der Waals surface area contributed by atoms with Crippen molar-refractivity contribution in [2.24, 2.45) is 0 Å². The first-order chi connectivity index (χ1) is 15.3. The van der Waals surface area contributed by atoms with Gasteiger partial charge in [0, 0.05) is 21.7 Å². The molecule has 1 fully saturated rings. The number of benzene rings is 2. The summed E-state index contributed by atoms with van der Waals surface area (Å²) >= 11 is 3.35. The normalized spacial score (nSPS) is 17.6. The van der Waals surface area contributed by atoms with Crippen molar-refractivity contribution in [1.82, 2.24) is 5.16 Å². The van der Waals surface area contributed by atoms with E-state index in [2.05, 4.69) is 21.1 Å². The lowest BCUT2D eigenvalue weighted by atomic mass is 9.94. The second kappa shape index (κ2) is 8.51. The summed E-state index contributed by atoms with van der Waals surface area (Å²) in [6.07, 6.45) is 0. The maximum atomic E-state index is 13.2. The number of ether oxygens (including phenoxy) is 2. The molecule has 1 aliphatic rings. The maximum Gasteiger partial charge on any atom is 0.301 e. The van der Waals surface area contributed by atoms with Crippen LogP contribution in [-0.2, 0) is 9.59 Å². The SMILES string of the molecule is COc1ccc(OC)c([C@H]2/C(=C(\O)c3ccc(Br)cc3)C(=O)C(=O)N2c2cc(C)on2)c1. The van der Waals surface area contributed by atoms with Crippen molar-refractivity contribution in [3.05, 3.63) is 75.5 Å². The molecule has 1 N–H and O–H groups in total. The smallest absolute Gasteiger partial charge is 0.301 e. The van der Waals surface area contributed by atoms with Crippen LogP contribution in [0.25, 0.3) is 5.76 Å². The Labute approximate surface area is 192 Å². The first-order valence-corrected chi connectivity index (χ1v) is 10.4. The summed E-state index contributed by atoms with van der Waals surface area (Å²) in [5.41, 5.74) is 0.740. The number of aromatic nitrogens is 1. The molecule has 1 aliphatic heterocycles. The van der Waals surface area contributed by atoms with Crippen LogP contribution < -0.4 is 14.4 Å². The van der Waals surface area contributed by atoms with Crippen LogP contribution in [0.15, 0.2) is 63.1 Å². The lowest BCUT2D eigenvalue weighted by molar-refractivity contribution is -0.132. The van der Waals surface area contributed by atoms with Crippen molar-refractivity contribution in [1.29, 1.82) is 0 Å². The number of aryl methyl sites for hydroxylation is 1. The van der Waals surface area contributed by atoms with E-state index in [9.17, 15) is 14.7 Å². The number of hydrogen-bond acceptors (Lipinski definition) is 7. The average molecular weight is 499 g/mol. The van der Waals surface area contributed by atoms with Gasteiger partial charge in [0.05, 0.1) is 19.8 Å². The van der Waals surface area contributed by atoms with E-state index in [-0.39, 0.29) is 17.2 Å². The number of carbonyl (C=O) groups excluding carboxylic acids is 2. The number of rotatable bonds is 5. The average Bonchev–Trinajstić information content (AvgIpc) is 3.33. The minimum atomic E-state index is -1.02. The summed E-state index contributed by atoms with van der Waals surface area (Å²) < 4.78 is 16.8. The van der Waals surface area contributed by atoms with E-state index in [1.165, 1.54) is 19.1 Å². The van der Waals surface area contributed by atoms with Gasteiger partial charge in [-0.1, -0.05) is 33.2 Å². The molecule has 1 atom stereocenters. The summed E-state index contributed by atoms with van der Waals surface area (Å²) in [5, 5.41) is 15.1. The topological polar surface area (TPSA) is 102 Å². The zero-order chi connectivity index (χ0) is 23.0. The van der Waals surface area contributed by atoms with Gasteiger partial charge in [0.2, 0.25) is 0 Å². The summed E-state index contributed by atoms with van der Waals surface area (Å²) in [6.45, 7) is 1.68. The fourth-order valence-corrected chi connectivity index (χ4v) is 3.91. The number of Topliss-reactive ketones (excluding diaryl/α,β-unsaturated/α-hetero) is 1. The molecule has 0 radical (unpaired) electrons. The van der Waals surface area contributed by atoms with Gasteiger partial charge >= 0.3 is 5.91 Å². The summed E-state index contributed by atoms with van der Waals surface area (Å²) in [4.78, 5) is 27.5. The Balaban J connectivity index is 2.00. The molecule has 0 aliphatic carbocycles. The van der Waals surface area contributed by atoms with Gasteiger partial charge in [-0.25, -0.2) is 0 Å². The van der Waals surface area contributed by atoms with Gasteiger partial charge in [-0.15, -0.1) is 0 Å². The lowest BCUT2D eigenvalue weighted by Gasteiger charge is -2.24. The number of carbonyl (C=O) groups is 2. The minimum Gasteiger partial charge on any atom is -0.507 e. The number of aliphatic hydroxyl groups excluding tert-OH is 1. The van der Waals surface area contributed by atoms with Gasteiger partial charge in [-0.3, -0.25) is 14.5 Å².